The fourth-order valence-corrected chi connectivity index (χ4v) is 2.11. The summed E-state index contributed by atoms with van der Waals surface area (Å²) in [5, 5.41) is 21.1. The molecule has 3 N–H and O–H groups in total. The molecule has 1 atom stereocenters. The van der Waals surface area contributed by atoms with Crippen molar-refractivity contribution < 1.29 is 19.7 Å². The van der Waals surface area contributed by atoms with E-state index < -0.39 is 6.10 Å². The molecule has 2 rings (SSSR count). The van der Waals surface area contributed by atoms with E-state index in [1.165, 1.54) is 4.90 Å². The van der Waals surface area contributed by atoms with E-state index in [0.29, 0.717) is 11.4 Å². The number of carbonyl (C=O) groups is 1. The molecular formula is C13H18N2O4. The SMILES string of the molecule is CNc1ccc2c(c1)N(CCO)C(=O)C(CCO)O2. The summed E-state index contributed by atoms with van der Waals surface area (Å²) in [6.07, 6.45) is -0.446. The lowest BCUT2D eigenvalue weighted by atomic mass is 10.1. The minimum atomic E-state index is -0.690. The minimum Gasteiger partial charge on any atom is -0.478 e. The van der Waals surface area contributed by atoms with Crippen LogP contribution < -0.4 is 15.0 Å². The van der Waals surface area contributed by atoms with E-state index in [1.54, 1.807) is 19.2 Å². The third-order valence-corrected chi connectivity index (χ3v) is 3.06. The number of amides is 1. The highest BCUT2D eigenvalue weighted by molar-refractivity contribution is 6.00. The van der Waals surface area contributed by atoms with Gasteiger partial charge in [-0.2, -0.15) is 0 Å². The molecule has 1 aromatic carbocycles. The maximum absolute atomic E-state index is 12.2. The molecule has 0 radical (unpaired) electrons. The number of ether oxygens (including phenoxy) is 1. The largest absolute Gasteiger partial charge is 0.478 e. The molecule has 0 saturated heterocycles. The molecule has 19 heavy (non-hydrogen) atoms. The lowest BCUT2D eigenvalue weighted by Crippen LogP contribution is -2.47. The second kappa shape index (κ2) is 5.90. The van der Waals surface area contributed by atoms with Crippen molar-refractivity contribution in [2.75, 3.05) is 37.0 Å². The Bertz CT molecular complexity index is 464. The molecule has 1 aliphatic heterocycles. The fraction of sp³-hybridized carbons (Fsp3) is 0.462. The molecule has 0 saturated carbocycles. The van der Waals surface area contributed by atoms with Gasteiger partial charge in [-0.15, -0.1) is 0 Å². The Balaban J connectivity index is 2.37. The number of rotatable bonds is 5. The van der Waals surface area contributed by atoms with Gasteiger partial charge >= 0.3 is 0 Å². The zero-order valence-corrected chi connectivity index (χ0v) is 10.8. The zero-order chi connectivity index (χ0) is 13.8. The van der Waals surface area contributed by atoms with Crippen LogP contribution in [0.5, 0.6) is 5.75 Å². The summed E-state index contributed by atoms with van der Waals surface area (Å²) in [5.74, 6) is 0.356. The molecule has 1 aromatic rings. The molecule has 0 aromatic heterocycles. The van der Waals surface area contributed by atoms with E-state index in [2.05, 4.69) is 5.32 Å². The highest BCUT2D eigenvalue weighted by atomic mass is 16.5. The van der Waals surface area contributed by atoms with Crippen molar-refractivity contribution in [3.05, 3.63) is 18.2 Å². The van der Waals surface area contributed by atoms with Gasteiger partial charge in [0.05, 0.1) is 12.3 Å². The normalized spacial score (nSPS) is 17.9. The number of β-amino-alcohol motifs (C(OH)–C–C–N with tert-alkyl or cyclic N) is 1. The fourth-order valence-electron chi connectivity index (χ4n) is 2.11. The Hall–Kier alpha value is -1.79. The first-order chi connectivity index (χ1) is 9.21. The van der Waals surface area contributed by atoms with Gasteiger partial charge in [0.15, 0.2) is 6.10 Å². The van der Waals surface area contributed by atoms with Gasteiger partial charge in [-0.3, -0.25) is 4.79 Å². The minimum absolute atomic E-state index is 0.118. The van der Waals surface area contributed by atoms with E-state index in [-0.39, 0.29) is 32.1 Å². The van der Waals surface area contributed by atoms with Gasteiger partial charge in [0.2, 0.25) is 0 Å². The van der Waals surface area contributed by atoms with Crippen molar-refractivity contribution in [2.24, 2.45) is 0 Å². The van der Waals surface area contributed by atoms with Gasteiger partial charge < -0.3 is 25.2 Å². The number of hydrogen-bond donors (Lipinski definition) is 3. The molecule has 6 heteroatoms. The number of aliphatic hydroxyl groups is 2. The van der Waals surface area contributed by atoms with Crippen molar-refractivity contribution in [3.63, 3.8) is 0 Å². The number of anilines is 2. The highest BCUT2D eigenvalue weighted by Gasteiger charge is 2.33. The monoisotopic (exact) mass is 266 g/mol. The molecule has 6 nitrogen and oxygen atoms in total. The first kappa shape index (κ1) is 13.6. The summed E-state index contributed by atoms with van der Waals surface area (Å²) < 4.78 is 5.60. The summed E-state index contributed by atoms with van der Waals surface area (Å²) in [6, 6.07) is 5.43. The number of hydrogen-bond acceptors (Lipinski definition) is 5. The summed E-state index contributed by atoms with van der Waals surface area (Å²) in [5.41, 5.74) is 1.50. The topological polar surface area (TPSA) is 82.0 Å². The predicted molar refractivity (Wildman–Crippen MR) is 71.5 cm³/mol. The van der Waals surface area contributed by atoms with Gasteiger partial charge in [-0.1, -0.05) is 0 Å². The Morgan fingerprint density at radius 3 is 2.79 bits per heavy atom. The van der Waals surface area contributed by atoms with E-state index >= 15 is 0 Å². The summed E-state index contributed by atoms with van der Waals surface area (Å²) >= 11 is 0. The van der Waals surface area contributed by atoms with Crippen molar-refractivity contribution in [1.29, 1.82) is 0 Å². The smallest absolute Gasteiger partial charge is 0.268 e. The van der Waals surface area contributed by atoms with Crippen LogP contribution in [-0.2, 0) is 4.79 Å². The summed E-state index contributed by atoms with van der Waals surface area (Å²) in [6.45, 7) is -0.0294. The third kappa shape index (κ3) is 2.64. The number of aliphatic hydroxyl groups excluding tert-OH is 2. The third-order valence-electron chi connectivity index (χ3n) is 3.06. The molecule has 0 fully saturated rings. The van der Waals surface area contributed by atoms with Crippen LogP contribution >= 0.6 is 0 Å². The highest BCUT2D eigenvalue weighted by Crippen LogP contribution is 2.36. The van der Waals surface area contributed by atoms with Crippen LogP contribution in [0.3, 0.4) is 0 Å². The number of nitrogens with zero attached hydrogens (tertiary/aromatic N) is 1. The van der Waals surface area contributed by atoms with Gasteiger partial charge in [-0.25, -0.2) is 0 Å². The average Bonchev–Trinajstić information content (AvgIpc) is 2.43. The Morgan fingerprint density at radius 2 is 2.16 bits per heavy atom. The van der Waals surface area contributed by atoms with Crippen molar-refractivity contribution in [2.45, 2.75) is 12.5 Å². The van der Waals surface area contributed by atoms with Crippen molar-refractivity contribution in [3.8, 4) is 5.75 Å². The van der Waals surface area contributed by atoms with Gasteiger partial charge in [0.25, 0.3) is 5.91 Å². The Kier molecular flexibility index (Phi) is 4.24. The van der Waals surface area contributed by atoms with Crippen LogP contribution in [0.15, 0.2) is 18.2 Å². The molecule has 1 aliphatic rings. The standard InChI is InChI=1S/C13H18N2O4/c1-14-9-2-3-11-10(8-9)15(5-7-17)13(18)12(19-11)4-6-16/h2-3,8,12,14,16-17H,4-7H2,1H3. The molecule has 1 amide bonds. The molecule has 1 heterocycles. The van der Waals surface area contributed by atoms with Crippen LogP contribution in [0.2, 0.25) is 0 Å². The molecule has 104 valence electrons. The van der Waals surface area contributed by atoms with Crippen LogP contribution in [0.1, 0.15) is 6.42 Å². The first-order valence-corrected chi connectivity index (χ1v) is 6.22. The maximum Gasteiger partial charge on any atom is 0.268 e. The van der Waals surface area contributed by atoms with E-state index in [0.717, 1.165) is 5.69 Å². The maximum atomic E-state index is 12.2. The van der Waals surface area contributed by atoms with Crippen LogP contribution in [0, 0.1) is 0 Å². The van der Waals surface area contributed by atoms with Gasteiger partial charge in [0.1, 0.15) is 5.75 Å². The molecular weight excluding hydrogens is 248 g/mol. The van der Waals surface area contributed by atoms with E-state index in [4.69, 9.17) is 14.9 Å². The number of nitrogens with one attached hydrogen (secondary N) is 1. The number of benzene rings is 1. The molecule has 0 aliphatic carbocycles. The molecule has 0 bridgehead atoms. The van der Waals surface area contributed by atoms with Gasteiger partial charge in [-0.05, 0) is 18.2 Å². The average molecular weight is 266 g/mol. The zero-order valence-electron chi connectivity index (χ0n) is 10.8. The Morgan fingerprint density at radius 1 is 1.37 bits per heavy atom. The summed E-state index contributed by atoms with van der Waals surface area (Å²) in [7, 11) is 1.79. The molecule has 1 unspecified atom stereocenters. The lowest BCUT2D eigenvalue weighted by molar-refractivity contribution is -0.127. The second-order valence-electron chi connectivity index (χ2n) is 4.26. The Labute approximate surface area is 111 Å². The number of fused-ring (bicyclic) bond motifs is 1. The van der Waals surface area contributed by atoms with E-state index in [1.807, 2.05) is 6.07 Å². The molecule has 0 spiro atoms. The van der Waals surface area contributed by atoms with E-state index in [9.17, 15) is 4.79 Å². The second-order valence-corrected chi connectivity index (χ2v) is 4.26. The lowest BCUT2D eigenvalue weighted by Gasteiger charge is -2.34. The van der Waals surface area contributed by atoms with Crippen LogP contribution in [0.25, 0.3) is 0 Å². The van der Waals surface area contributed by atoms with Crippen molar-refractivity contribution in [1.82, 2.24) is 0 Å². The van der Waals surface area contributed by atoms with Crippen LogP contribution in [-0.4, -0.2) is 49.0 Å². The van der Waals surface area contributed by atoms with Crippen molar-refractivity contribution >= 4 is 17.3 Å². The first-order valence-electron chi connectivity index (χ1n) is 6.22. The van der Waals surface area contributed by atoms with Crippen LogP contribution in [0.4, 0.5) is 11.4 Å². The summed E-state index contributed by atoms with van der Waals surface area (Å²) in [4.78, 5) is 13.7. The number of carbonyl (C=O) groups excluding carboxylic acids is 1. The quantitative estimate of drug-likeness (QED) is 0.709. The predicted octanol–water partition coefficient (Wildman–Crippen LogP) is 0.197. The van der Waals surface area contributed by atoms with Gasteiger partial charge in [0, 0.05) is 32.3 Å².